The molecule has 0 aromatic heterocycles. The van der Waals surface area contributed by atoms with Crippen molar-refractivity contribution in [1.29, 1.82) is 5.41 Å². The van der Waals surface area contributed by atoms with Crippen molar-refractivity contribution in [2.24, 2.45) is 11.8 Å². The second kappa shape index (κ2) is 6.14. The minimum atomic E-state index is 0.382. The van der Waals surface area contributed by atoms with Crippen molar-refractivity contribution in [3.8, 4) is 0 Å². The Morgan fingerprint density at radius 2 is 2.07 bits per heavy atom. The first-order chi connectivity index (χ1) is 7.15. The SMILES string of the molecule is CCCC1CCCN(C(=N)C(C)C)CC1. The van der Waals surface area contributed by atoms with Gasteiger partial charge in [0.25, 0.3) is 0 Å². The number of amidine groups is 1. The summed E-state index contributed by atoms with van der Waals surface area (Å²) in [7, 11) is 0. The Balaban J connectivity index is 2.42. The second-order valence-corrected chi connectivity index (χ2v) is 5.11. The van der Waals surface area contributed by atoms with E-state index in [0.29, 0.717) is 5.92 Å². The minimum Gasteiger partial charge on any atom is -0.360 e. The molecule has 0 aromatic rings. The first kappa shape index (κ1) is 12.5. The Labute approximate surface area is 94.6 Å². The van der Waals surface area contributed by atoms with Crippen LogP contribution in [0.1, 0.15) is 52.9 Å². The molecule has 0 amide bonds. The van der Waals surface area contributed by atoms with E-state index in [9.17, 15) is 0 Å². The van der Waals surface area contributed by atoms with Crippen LogP contribution < -0.4 is 0 Å². The summed E-state index contributed by atoms with van der Waals surface area (Å²) in [5.41, 5.74) is 0. The van der Waals surface area contributed by atoms with Crippen LogP contribution in [0.5, 0.6) is 0 Å². The molecule has 1 aliphatic heterocycles. The van der Waals surface area contributed by atoms with Crippen LogP contribution in [0.25, 0.3) is 0 Å². The lowest BCUT2D eigenvalue weighted by molar-refractivity contribution is 0.389. The molecule has 1 unspecified atom stereocenters. The summed E-state index contributed by atoms with van der Waals surface area (Å²) in [4.78, 5) is 2.29. The molecule has 1 heterocycles. The highest BCUT2D eigenvalue weighted by Gasteiger charge is 2.19. The molecule has 0 aliphatic carbocycles. The molecule has 1 atom stereocenters. The van der Waals surface area contributed by atoms with Crippen LogP contribution >= 0.6 is 0 Å². The van der Waals surface area contributed by atoms with Crippen LogP contribution in [-0.4, -0.2) is 23.8 Å². The summed E-state index contributed by atoms with van der Waals surface area (Å²) in [5, 5.41) is 8.03. The molecule has 2 nitrogen and oxygen atoms in total. The third-order valence-corrected chi connectivity index (χ3v) is 3.43. The quantitative estimate of drug-likeness (QED) is 0.560. The number of nitrogens with zero attached hydrogens (tertiary/aromatic N) is 1. The summed E-state index contributed by atoms with van der Waals surface area (Å²) in [6.45, 7) is 8.74. The highest BCUT2D eigenvalue weighted by molar-refractivity contribution is 5.80. The zero-order chi connectivity index (χ0) is 11.3. The Bertz CT molecular complexity index is 199. The number of likely N-dealkylation sites (tertiary alicyclic amines) is 1. The fraction of sp³-hybridized carbons (Fsp3) is 0.923. The van der Waals surface area contributed by atoms with Crippen molar-refractivity contribution < 1.29 is 0 Å². The van der Waals surface area contributed by atoms with Gasteiger partial charge in [-0.3, -0.25) is 5.41 Å². The van der Waals surface area contributed by atoms with E-state index < -0.39 is 0 Å². The van der Waals surface area contributed by atoms with Crippen LogP contribution in [0.3, 0.4) is 0 Å². The predicted octanol–water partition coefficient (Wildman–Crippen LogP) is 3.52. The second-order valence-electron chi connectivity index (χ2n) is 5.11. The molecular weight excluding hydrogens is 184 g/mol. The van der Waals surface area contributed by atoms with Gasteiger partial charge in [0.15, 0.2) is 0 Å². The van der Waals surface area contributed by atoms with E-state index in [-0.39, 0.29) is 0 Å². The molecule has 1 N–H and O–H groups in total. The lowest BCUT2D eigenvalue weighted by Gasteiger charge is -2.25. The van der Waals surface area contributed by atoms with E-state index in [2.05, 4.69) is 25.7 Å². The highest BCUT2D eigenvalue weighted by Crippen LogP contribution is 2.22. The smallest absolute Gasteiger partial charge is 0.0983 e. The summed E-state index contributed by atoms with van der Waals surface area (Å²) < 4.78 is 0. The number of rotatable bonds is 3. The van der Waals surface area contributed by atoms with E-state index in [1.54, 1.807) is 0 Å². The molecule has 0 aromatic carbocycles. The van der Waals surface area contributed by atoms with Crippen molar-refractivity contribution in [2.45, 2.75) is 52.9 Å². The fourth-order valence-electron chi connectivity index (χ4n) is 2.47. The maximum Gasteiger partial charge on any atom is 0.0983 e. The monoisotopic (exact) mass is 210 g/mol. The maximum absolute atomic E-state index is 8.03. The first-order valence-electron chi connectivity index (χ1n) is 6.48. The third-order valence-electron chi connectivity index (χ3n) is 3.43. The van der Waals surface area contributed by atoms with Gasteiger partial charge in [-0.25, -0.2) is 0 Å². The molecule has 1 aliphatic rings. The van der Waals surface area contributed by atoms with Gasteiger partial charge in [-0.15, -0.1) is 0 Å². The van der Waals surface area contributed by atoms with E-state index >= 15 is 0 Å². The van der Waals surface area contributed by atoms with Crippen LogP contribution in [0.4, 0.5) is 0 Å². The van der Waals surface area contributed by atoms with Gasteiger partial charge >= 0.3 is 0 Å². The number of hydrogen-bond donors (Lipinski definition) is 1. The summed E-state index contributed by atoms with van der Waals surface area (Å²) >= 11 is 0. The Hall–Kier alpha value is -0.530. The van der Waals surface area contributed by atoms with Crippen LogP contribution in [0.2, 0.25) is 0 Å². The largest absolute Gasteiger partial charge is 0.360 e. The van der Waals surface area contributed by atoms with E-state index in [1.165, 1.54) is 32.1 Å². The zero-order valence-electron chi connectivity index (χ0n) is 10.6. The van der Waals surface area contributed by atoms with Gasteiger partial charge in [0.05, 0.1) is 5.84 Å². The molecule has 15 heavy (non-hydrogen) atoms. The molecule has 2 heteroatoms. The molecule has 0 spiro atoms. The van der Waals surface area contributed by atoms with Crippen LogP contribution in [0.15, 0.2) is 0 Å². The number of hydrogen-bond acceptors (Lipinski definition) is 1. The van der Waals surface area contributed by atoms with Crippen molar-refractivity contribution >= 4 is 5.84 Å². The van der Waals surface area contributed by atoms with Gasteiger partial charge < -0.3 is 4.90 Å². The van der Waals surface area contributed by atoms with Crippen molar-refractivity contribution in [3.63, 3.8) is 0 Å². The van der Waals surface area contributed by atoms with E-state index in [0.717, 1.165) is 24.8 Å². The minimum absolute atomic E-state index is 0.382. The summed E-state index contributed by atoms with van der Waals surface area (Å²) in [6.07, 6.45) is 6.63. The van der Waals surface area contributed by atoms with Crippen LogP contribution in [-0.2, 0) is 0 Å². The van der Waals surface area contributed by atoms with Gasteiger partial charge in [-0.05, 0) is 25.2 Å². The molecule has 88 valence electrons. The number of nitrogens with one attached hydrogen (secondary N) is 1. The first-order valence-corrected chi connectivity index (χ1v) is 6.48. The van der Waals surface area contributed by atoms with E-state index in [4.69, 9.17) is 5.41 Å². The third kappa shape index (κ3) is 3.84. The highest BCUT2D eigenvalue weighted by atomic mass is 15.2. The zero-order valence-corrected chi connectivity index (χ0v) is 10.6. The summed E-state index contributed by atoms with van der Waals surface area (Å²) in [5.74, 6) is 2.14. The van der Waals surface area contributed by atoms with Gasteiger partial charge in [-0.1, -0.05) is 33.6 Å². The Morgan fingerprint density at radius 1 is 1.33 bits per heavy atom. The average molecular weight is 210 g/mol. The average Bonchev–Trinajstić information content (AvgIpc) is 2.43. The van der Waals surface area contributed by atoms with Gasteiger partial charge in [0, 0.05) is 19.0 Å². The molecule has 1 fully saturated rings. The van der Waals surface area contributed by atoms with Crippen molar-refractivity contribution in [1.82, 2.24) is 4.90 Å². The van der Waals surface area contributed by atoms with Gasteiger partial charge in [0.2, 0.25) is 0 Å². The molecule has 1 rings (SSSR count). The maximum atomic E-state index is 8.03. The standard InChI is InChI=1S/C13H26N2/c1-4-6-12-7-5-9-15(10-8-12)13(14)11(2)3/h11-12,14H,4-10H2,1-3H3. The Kier molecular flexibility index (Phi) is 5.13. The predicted molar refractivity (Wildman–Crippen MR) is 66.4 cm³/mol. The molecule has 0 bridgehead atoms. The fourth-order valence-corrected chi connectivity index (χ4v) is 2.47. The lowest BCUT2D eigenvalue weighted by atomic mass is 9.96. The summed E-state index contributed by atoms with van der Waals surface area (Å²) in [6, 6.07) is 0. The molecular formula is C13H26N2. The van der Waals surface area contributed by atoms with E-state index in [1.807, 2.05) is 0 Å². The topological polar surface area (TPSA) is 27.1 Å². The van der Waals surface area contributed by atoms with Crippen molar-refractivity contribution in [2.75, 3.05) is 13.1 Å². The molecule has 0 saturated carbocycles. The Morgan fingerprint density at radius 3 is 2.67 bits per heavy atom. The van der Waals surface area contributed by atoms with Gasteiger partial charge in [-0.2, -0.15) is 0 Å². The lowest BCUT2D eigenvalue weighted by Crippen LogP contribution is -2.34. The normalized spacial score (nSPS) is 22.9. The molecule has 0 radical (unpaired) electrons. The van der Waals surface area contributed by atoms with Crippen LogP contribution in [0, 0.1) is 17.2 Å². The van der Waals surface area contributed by atoms with Gasteiger partial charge in [0.1, 0.15) is 0 Å². The van der Waals surface area contributed by atoms with Crippen molar-refractivity contribution in [3.05, 3.63) is 0 Å². The molecule has 1 saturated heterocycles.